The van der Waals surface area contributed by atoms with Crippen LogP contribution in [0.1, 0.15) is 44.0 Å². The van der Waals surface area contributed by atoms with Crippen LogP contribution in [0.3, 0.4) is 0 Å². The molecule has 1 atom stereocenters. The van der Waals surface area contributed by atoms with Crippen molar-refractivity contribution in [2.75, 3.05) is 13.2 Å². The van der Waals surface area contributed by atoms with Gasteiger partial charge in [0, 0.05) is 24.5 Å². The molecule has 1 aliphatic rings. The quantitative estimate of drug-likeness (QED) is 0.632. The van der Waals surface area contributed by atoms with Gasteiger partial charge in [-0.25, -0.2) is 0 Å². The molecule has 1 unspecified atom stereocenters. The minimum atomic E-state index is 0.182. The summed E-state index contributed by atoms with van der Waals surface area (Å²) in [4.78, 5) is 0. The van der Waals surface area contributed by atoms with E-state index in [0.717, 1.165) is 39.0 Å². The highest BCUT2D eigenvalue weighted by Crippen LogP contribution is 2.39. The van der Waals surface area contributed by atoms with E-state index in [1.54, 1.807) is 0 Å². The molecule has 0 aromatic carbocycles. The summed E-state index contributed by atoms with van der Waals surface area (Å²) >= 11 is 0. The Kier molecular flexibility index (Phi) is 4.48. The van der Waals surface area contributed by atoms with Crippen LogP contribution in [-0.2, 0) is 17.7 Å². The molecule has 2 N–H and O–H groups in total. The lowest BCUT2D eigenvalue weighted by atomic mass is 9.74. The van der Waals surface area contributed by atoms with E-state index in [-0.39, 0.29) is 6.04 Å². The number of ether oxygens (including phenoxy) is 1. The van der Waals surface area contributed by atoms with E-state index in [9.17, 15) is 0 Å². The summed E-state index contributed by atoms with van der Waals surface area (Å²) in [5.41, 5.74) is 9.30. The van der Waals surface area contributed by atoms with Crippen molar-refractivity contribution < 1.29 is 4.74 Å². The summed E-state index contributed by atoms with van der Waals surface area (Å²) in [6.07, 6.45) is 7.14. The first-order chi connectivity index (χ1) is 9.03. The number of nitrogens with zero attached hydrogens (tertiary/aromatic N) is 1. The fourth-order valence-electron chi connectivity index (χ4n) is 2.94. The molecule has 3 heteroatoms. The molecule has 1 aliphatic carbocycles. The van der Waals surface area contributed by atoms with E-state index in [4.69, 9.17) is 10.5 Å². The topological polar surface area (TPSA) is 40.2 Å². The van der Waals surface area contributed by atoms with Gasteiger partial charge in [0.1, 0.15) is 0 Å². The van der Waals surface area contributed by atoms with Gasteiger partial charge in [0.2, 0.25) is 0 Å². The summed E-state index contributed by atoms with van der Waals surface area (Å²) in [6, 6.07) is 2.36. The van der Waals surface area contributed by atoms with Gasteiger partial charge in [-0.1, -0.05) is 19.9 Å². The number of rotatable bonds is 6. The monoisotopic (exact) mass is 262 g/mol. The van der Waals surface area contributed by atoms with Crippen LogP contribution in [-0.4, -0.2) is 17.8 Å². The Labute approximate surface area is 116 Å². The summed E-state index contributed by atoms with van der Waals surface area (Å²) < 4.78 is 7.90. The van der Waals surface area contributed by atoms with Crippen LogP contribution < -0.4 is 5.73 Å². The number of hydrogen-bond donors (Lipinski definition) is 1. The van der Waals surface area contributed by atoms with Crippen LogP contribution in [0.2, 0.25) is 0 Å². The summed E-state index contributed by atoms with van der Waals surface area (Å²) in [5.74, 6) is 0. The lowest BCUT2D eigenvalue weighted by molar-refractivity contribution is 0.129. The Bertz CT molecular complexity index is 434. The SMILES string of the molecule is C=CCCOCCn1ccc2c1CC(C)(C)CC2N. The first kappa shape index (κ1) is 14.4. The Morgan fingerprint density at radius 1 is 1.53 bits per heavy atom. The fourth-order valence-corrected chi connectivity index (χ4v) is 2.94. The van der Waals surface area contributed by atoms with E-state index in [1.165, 1.54) is 11.3 Å². The van der Waals surface area contributed by atoms with E-state index in [0.29, 0.717) is 5.41 Å². The van der Waals surface area contributed by atoms with Crippen LogP contribution in [0, 0.1) is 5.41 Å². The molecule has 0 amide bonds. The molecule has 1 aromatic heterocycles. The molecule has 19 heavy (non-hydrogen) atoms. The first-order valence-electron chi connectivity index (χ1n) is 7.15. The van der Waals surface area contributed by atoms with Gasteiger partial charge >= 0.3 is 0 Å². The molecule has 0 saturated carbocycles. The van der Waals surface area contributed by atoms with Gasteiger partial charge in [-0.05, 0) is 36.3 Å². The highest BCUT2D eigenvalue weighted by molar-refractivity contribution is 5.30. The zero-order valence-corrected chi connectivity index (χ0v) is 12.2. The zero-order chi connectivity index (χ0) is 13.9. The zero-order valence-electron chi connectivity index (χ0n) is 12.2. The van der Waals surface area contributed by atoms with Crippen molar-refractivity contribution in [3.8, 4) is 0 Å². The van der Waals surface area contributed by atoms with Crippen LogP contribution in [0.4, 0.5) is 0 Å². The molecule has 2 rings (SSSR count). The van der Waals surface area contributed by atoms with Gasteiger partial charge in [0.05, 0.1) is 13.2 Å². The van der Waals surface area contributed by atoms with E-state index >= 15 is 0 Å². The van der Waals surface area contributed by atoms with Gasteiger partial charge in [-0.2, -0.15) is 0 Å². The maximum atomic E-state index is 6.27. The Morgan fingerprint density at radius 3 is 3.05 bits per heavy atom. The van der Waals surface area contributed by atoms with Crippen molar-refractivity contribution in [1.29, 1.82) is 0 Å². The molecule has 1 heterocycles. The molecule has 0 saturated heterocycles. The van der Waals surface area contributed by atoms with Crippen LogP contribution in [0.5, 0.6) is 0 Å². The number of hydrogen-bond acceptors (Lipinski definition) is 2. The Morgan fingerprint density at radius 2 is 2.32 bits per heavy atom. The molecule has 1 aromatic rings. The van der Waals surface area contributed by atoms with Crippen LogP contribution in [0.25, 0.3) is 0 Å². The molecule has 0 radical (unpaired) electrons. The molecule has 0 spiro atoms. The van der Waals surface area contributed by atoms with Gasteiger partial charge < -0.3 is 15.0 Å². The fraction of sp³-hybridized carbons (Fsp3) is 0.625. The molecule has 0 fully saturated rings. The predicted octanol–water partition coefficient (Wildman–Crippen LogP) is 3.05. The van der Waals surface area contributed by atoms with Crippen molar-refractivity contribution in [3.05, 3.63) is 36.2 Å². The second-order valence-electron chi connectivity index (χ2n) is 6.25. The second kappa shape index (κ2) is 5.93. The van der Waals surface area contributed by atoms with Gasteiger partial charge in [0.15, 0.2) is 0 Å². The van der Waals surface area contributed by atoms with Crippen LogP contribution >= 0.6 is 0 Å². The molecule has 0 aliphatic heterocycles. The Hall–Kier alpha value is -1.06. The third kappa shape index (κ3) is 3.48. The molecular weight excluding hydrogens is 236 g/mol. The van der Waals surface area contributed by atoms with Gasteiger partial charge in [0.25, 0.3) is 0 Å². The maximum Gasteiger partial charge on any atom is 0.0645 e. The summed E-state index contributed by atoms with van der Waals surface area (Å²) in [5, 5.41) is 0. The standard InChI is InChI=1S/C16H26N2O/c1-4-5-9-19-10-8-18-7-6-13-14(17)11-16(2,3)12-15(13)18/h4,6-7,14H,1,5,8-12,17H2,2-3H3. The van der Waals surface area contributed by atoms with Crippen molar-refractivity contribution in [2.45, 2.75) is 45.7 Å². The van der Waals surface area contributed by atoms with Crippen LogP contribution in [0.15, 0.2) is 24.9 Å². The normalized spacial score (nSPS) is 21.1. The average Bonchev–Trinajstić information content (AvgIpc) is 2.71. The maximum absolute atomic E-state index is 6.27. The lowest BCUT2D eigenvalue weighted by Gasteiger charge is -2.34. The first-order valence-corrected chi connectivity index (χ1v) is 7.15. The third-order valence-corrected chi connectivity index (χ3v) is 3.87. The minimum Gasteiger partial charge on any atom is -0.379 e. The largest absolute Gasteiger partial charge is 0.379 e. The third-order valence-electron chi connectivity index (χ3n) is 3.87. The molecule has 106 valence electrons. The predicted molar refractivity (Wildman–Crippen MR) is 79.1 cm³/mol. The molecule has 3 nitrogen and oxygen atoms in total. The lowest BCUT2D eigenvalue weighted by Crippen LogP contribution is -2.30. The number of aromatic nitrogens is 1. The summed E-state index contributed by atoms with van der Waals surface area (Å²) in [7, 11) is 0. The summed E-state index contributed by atoms with van der Waals surface area (Å²) in [6.45, 7) is 10.7. The Balaban J connectivity index is 1.98. The van der Waals surface area contributed by atoms with Gasteiger partial charge in [-0.3, -0.25) is 0 Å². The van der Waals surface area contributed by atoms with E-state index in [1.807, 2.05) is 6.08 Å². The molecular formula is C16H26N2O. The van der Waals surface area contributed by atoms with E-state index < -0.39 is 0 Å². The van der Waals surface area contributed by atoms with Crippen molar-refractivity contribution in [1.82, 2.24) is 4.57 Å². The van der Waals surface area contributed by atoms with Gasteiger partial charge in [-0.15, -0.1) is 6.58 Å². The smallest absolute Gasteiger partial charge is 0.0645 e. The highest BCUT2D eigenvalue weighted by Gasteiger charge is 2.32. The van der Waals surface area contributed by atoms with E-state index in [2.05, 4.69) is 37.3 Å². The number of fused-ring (bicyclic) bond motifs is 1. The highest BCUT2D eigenvalue weighted by atomic mass is 16.5. The minimum absolute atomic E-state index is 0.182. The second-order valence-corrected chi connectivity index (χ2v) is 6.25. The molecule has 0 bridgehead atoms. The van der Waals surface area contributed by atoms with Crippen molar-refractivity contribution in [2.24, 2.45) is 11.1 Å². The van der Waals surface area contributed by atoms with Crippen molar-refractivity contribution in [3.63, 3.8) is 0 Å². The number of nitrogens with two attached hydrogens (primary N) is 1. The average molecular weight is 262 g/mol. The van der Waals surface area contributed by atoms with Crippen molar-refractivity contribution >= 4 is 0 Å².